The van der Waals surface area contributed by atoms with Gasteiger partial charge in [0.15, 0.2) is 0 Å². The average Bonchev–Trinajstić information content (AvgIpc) is 3.07. The molecular weight excluding hydrogens is 244 g/mol. The van der Waals surface area contributed by atoms with Crippen LogP contribution < -0.4 is 5.32 Å². The summed E-state index contributed by atoms with van der Waals surface area (Å²) in [5.74, 6) is 0. The van der Waals surface area contributed by atoms with Crippen LogP contribution in [0.5, 0.6) is 0 Å². The van der Waals surface area contributed by atoms with Gasteiger partial charge in [-0.1, -0.05) is 12.8 Å². The zero-order valence-corrected chi connectivity index (χ0v) is 11.4. The van der Waals surface area contributed by atoms with Gasteiger partial charge in [0, 0.05) is 25.3 Å². The number of rotatable bonds is 6. The number of methoxy groups -OCH3 is 1. The van der Waals surface area contributed by atoms with Gasteiger partial charge in [-0.15, -0.1) is 0 Å². The summed E-state index contributed by atoms with van der Waals surface area (Å²) >= 11 is 0. The van der Waals surface area contributed by atoms with Gasteiger partial charge in [0.25, 0.3) is 0 Å². The molecule has 1 heterocycles. The largest absolute Gasteiger partial charge is 0.472 e. The molecule has 0 aliphatic heterocycles. The van der Waals surface area contributed by atoms with Crippen molar-refractivity contribution >= 4 is 6.03 Å². The van der Waals surface area contributed by atoms with Crippen molar-refractivity contribution in [3.63, 3.8) is 0 Å². The highest BCUT2D eigenvalue weighted by Gasteiger charge is 2.21. The van der Waals surface area contributed by atoms with E-state index in [0.717, 1.165) is 18.4 Å². The van der Waals surface area contributed by atoms with Crippen molar-refractivity contribution in [1.82, 2.24) is 10.2 Å². The van der Waals surface area contributed by atoms with E-state index in [-0.39, 0.29) is 6.03 Å². The van der Waals surface area contributed by atoms with Crippen LogP contribution in [0.25, 0.3) is 0 Å². The smallest absolute Gasteiger partial charge is 0.317 e. The Labute approximate surface area is 113 Å². The standard InChI is InChI=1S/C14H22N2O3/c1-18-9-7-16(10-12-6-8-19-11-12)14(17)15-13-4-2-3-5-13/h6,8,11,13H,2-5,7,9-10H2,1H3,(H,15,17). The number of carbonyl (C=O) groups is 1. The zero-order chi connectivity index (χ0) is 13.5. The second kappa shape index (κ2) is 7.19. The predicted octanol–water partition coefficient (Wildman–Crippen LogP) is 2.38. The highest BCUT2D eigenvalue weighted by Crippen LogP contribution is 2.18. The minimum atomic E-state index is -0.00912. The van der Waals surface area contributed by atoms with Crippen LogP contribution in [-0.4, -0.2) is 37.2 Å². The summed E-state index contributed by atoms with van der Waals surface area (Å²) in [7, 11) is 1.64. The number of amides is 2. The van der Waals surface area contributed by atoms with Crippen molar-refractivity contribution in [1.29, 1.82) is 0 Å². The van der Waals surface area contributed by atoms with E-state index in [1.165, 1.54) is 12.8 Å². The first-order chi connectivity index (χ1) is 9.29. The summed E-state index contributed by atoms with van der Waals surface area (Å²) in [6, 6.07) is 2.20. The molecule has 2 amide bonds. The molecule has 2 rings (SSSR count). The van der Waals surface area contributed by atoms with Crippen LogP contribution in [0.1, 0.15) is 31.2 Å². The molecule has 0 radical (unpaired) electrons. The van der Waals surface area contributed by atoms with Crippen LogP contribution >= 0.6 is 0 Å². The number of hydrogen-bond donors (Lipinski definition) is 1. The Morgan fingerprint density at radius 3 is 2.95 bits per heavy atom. The van der Waals surface area contributed by atoms with Gasteiger partial charge in [0.2, 0.25) is 0 Å². The molecular formula is C14H22N2O3. The lowest BCUT2D eigenvalue weighted by atomic mass is 10.2. The molecule has 0 spiro atoms. The van der Waals surface area contributed by atoms with Gasteiger partial charge in [0.05, 0.1) is 25.7 Å². The van der Waals surface area contributed by atoms with Crippen LogP contribution in [0.15, 0.2) is 23.0 Å². The van der Waals surface area contributed by atoms with E-state index in [4.69, 9.17) is 9.15 Å². The third-order valence-corrected chi connectivity index (χ3v) is 3.49. The molecule has 1 aliphatic rings. The fourth-order valence-electron chi connectivity index (χ4n) is 2.39. The minimum Gasteiger partial charge on any atom is -0.472 e. The van der Waals surface area contributed by atoms with E-state index in [2.05, 4.69) is 5.32 Å². The van der Waals surface area contributed by atoms with Crippen molar-refractivity contribution in [2.24, 2.45) is 0 Å². The summed E-state index contributed by atoms with van der Waals surface area (Å²) < 4.78 is 10.1. The number of ether oxygens (including phenoxy) is 1. The summed E-state index contributed by atoms with van der Waals surface area (Å²) in [4.78, 5) is 14.0. The molecule has 1 aromatic rings. The fraction of sp³-hybridized carbons (Fsp3) is 0.643. The Kier molecular flexibility index (Phi) is 5.27. The fourth-order valence-corrected chi connectivity index (χ4v) is 2.39. The lowest BCUT2D eigenvalue weighted by molar-refractivity contribution is 0.144. The lowest BCUT2D eigenvalue weighted by Crippen LogP contribution is -2.44. The maximum absolute atomic E-state index is 12.3. The molecule has 0 bridgehead atoms. The van der Waals surface area contributed by atoms with Crippen LogP contribution in [0.4, 0.5) is 4.79 Å². The van der Waals surface area contributed by atoms with E-state index in [0.29, 0.717) is 25.7 Å². The molecule has 1 N–H and O–H groups in total. The molecule has 0 unspecified atom stereocenters. The van der Waals surface area contributed by atoms with Gasteiger partial charge in [-0.05, 0) is 18.9 Å². The second-order valence-corrected chi connectivity index (χ2v) is 4.98. The van der Waals surface area contributed by atoms with E-state index in [1.807, 2.05) is 6.07 Å². The first-order valence-corrected chi connectivity index (χ1v) is 6.85. The first kappa shape index (κ1) is 13.9. The summed E-state index contributed by atoms with van der Waals surface area (Å²) in [6.07, 6.45) is 7.90. The molecule has 0 aromatic carbocycles. The predicted molar refractivity (Wildman–Crippen MR) is 71.8 cm³/mol. The van der Waals surface area contributed by atoms with Crippen molar-refractivity contribution in [3.05, 3.63) is 24.2 Å². The highest BCUT2D eigenvalue weighted by atomic mass is 16.5. The molecule has 5 nitrogen and oxygen atoms in total. The second-order valence-electron chi connectivity index (χ2n) is 4.98. The van der Waals surface area contributed by atoms with Gasteiger partial charge in [-0.3, -0.25) is 0 Å². The van der Waals surface area contributed by atoms with Crippen LogP contribution in [0.3, 0.4) is 0 Å². The average molecular weight is 266 g/mol. The topological polar surface area (TPSA) is 54.7 Å². The Balaban J connectivity index is 1.89. The van der Waals surface area contributed by atoms with Crippen molar-refractivity contribution in [2.45, 2.75) is 38.3 Å². The quantitative estimate of drug-likeness (QED) is 0.860. The van der Waals surface area contributed by atoms with E-state index in [1.54, 1.807) is 24.5 Å². The summed E-state index contributed by atoms with van der Waals surface area (Å²) in [5.41, 5.74) is 0.998. The molecule has 1 saturated carbocycles. The van der Waals surface area contributed by atoms with E-state index in [9.17, 15) is 4.79 Å². The van der Waals surface area contributed by atoms with Crippen LogP contribution in [0.2, 0.25) is 0 Å². The third-order valence-electron chi connectivity index (χ3n) is 3.49. The maximum atomic E-state index is 12.3. The third kappa shape index (κ3) is 4.28. The van der Waals surface area contributed by atoms with Gasteiger partial charge in [-0.2, -0.15) is 0 Å². The highest BCUT2D eigenvalue weighted by molar-refractivity contribution is 5.74. The van der Waals surface area contributed by atoms with Crippen LogP contribution in [0, 0.1) is 0 Å². The molecule has 5 heteroatoms. The number of carbonyl (C=O) groups excluding carboxylic acids is 1. The molecule has 19 heavy (non-hydrogen) atoms. The molecule has 1 fully saturated rings. The number of hydrogen-bond acceptors (Lipinski definition) is 3. The van der Waals surface area contributed by atoms with Crippen LogP contribution in [-0.2, 0) is 11.3 Å². The molecule has 0 saturated heterocycles. The normalized spacial score (nSPS) is 15.6. The number of furan rings is 1. The molecule has 106 valence electrons. The Morgan fingerprint density at radius 1 is 1.53 bits per heavy atom. The van der Waals surface area contributed by atoms with E-state index < -0.39 is 0 Å². The zero-order valence-electron chi connectivity index (χ0n) is 11.4. The number of urea groups is 1. The molecule has 1 aromatic heterocycles. The van der Waals surface area contributed by atoms with Crippen molar-refractivity contribution < 1.29 is 13.9 Å². The molecule has 0 atom stereocenters. The minimum absolute atomic E-state index is 0.00912. The number of nitrogens with one attached hydrogen (secondary N) is 1. The molecule has 1 aliphatic carbocycles. The van der Waals surface area contributed by atoms with Gasteiger partial charge >= 0.3 is 6.03 Å². The van der Waals surface area contributed by atoms with Crippen molar-refractivity contribution in [2.75, 3.05) is 20.3 Å². The maximum Gasteiger partial charge on any atom is 0.317 e. The monoisotopic (exact) mass is 266 g/mol. The van der Waals surface area contributed by atoms with Gasteiger partial charge in [0.1, 0.15) is 0 Å². The van der Waals surface area contributed by atoms with Crippen molar-refractivity contribution in [3.8, 4) is 0 Å². The summed E-state index contributed by atoms with van der Waals surface area (Å²) in [5, 5.41) is 3.10. The Bertz CT molecular complexity index is 372. The van der Waals surface area contributed by atoms with Gasteiger partial charge < -0.3 is 19.4 Å². The Morgan fingerprint density at radius 2 is 2.32 bits per heavy atom. The van der Waals surface area contributed by atoms with Gasteiger partial charge in [-0.25, -0.2) is 4.79 Å². The number of nitrogens with zero attached hydrogens (tertiary/aromatic N) is 1. The summed E-state index contributed by atoms with van der Waals surface area (Å²) in [6.45, 7) is 1.68. The lowest BCUT2D eigenvalue weighted by Gasteiger charge is -2.24. The van der Waals surface area contributed by atoms with E-state index >= 15 is 0 Å². The SMILES string of the molecule is COCCN(Cc1ccoc1)C(=O)NC1CCCC1. The first-order valence-electron chi connectivity index (χ1n) is 6.85. The Hall–Kier alpha value is -1.49.